The van der Waals surface area contributed by atoms with Gasteiger partial charge in [-0.2, -0.15) is 0 Å². The second-order valence-electron chi connectivity index (χ2n) is 5.92. The van der Waals surface area contributed by atoms with Crippen LogP contribution in [0.4, 0.5) is 4.79 Å². The Kier molecular flexibility index (Phi) is 5.05. The molecule has 0 aromatic carbocycles. The predicted molar refractivity (Wildman–Crippen MR) is 71.8 cm³/mol. The summed E-state index contributed by atoms with van der Waals surface area (Å²) in [7, 11) is 0. The zero-order valence-electron chi connectivity index (χ0n) is 11.4. The van der Waals surface area contributed by atoms with Crippen molar-refractivity contribution in [1.82, 2.24) is 10.6 Å². The van der Waals surface area contributed by atoms with E-state index in [1.807, 2.05) is 0 Å². The molecule has 2 aliphatic rings. The number of nitrogens with one attached hydrogen (secondary N) is 2. The normalized spacial score (nSPS) is 26.7. The third-order valence-corrected chi connectivity index (χ3v) is 4.28. The van der Waals surface area contributed by atoms with Crippen molar-refractivity contribution >= 4 is 12.0 Å². The van der Waals surface area contributed by atoms with E-state index < -0.39 is 5.97 Å². The van der Waals surface area contributed by atoms with Crippen molar-refractivity contribution in [2.75, 3.05) is 13.1 Å². The maximum Gasteiger partial charge on any atom is 0.314 e. The summed E-state index contributed by atoms with van der Waals surface area (Å²) in [6.07, 6.45) is 7.01. The maximum absolute atomic E-state index is 11.5. The van der Waals surface area contributed by atoms with E-state index >= 15 is 0 Å². The lowest BCUT2D eigenvalue weighted by Crippen LogP contribution is -2.39. The molecule has 5 nitrogen and oxygen atoms in total. The Labute approximate surface area is 114 Å². The van der Waals surface area contributed by atoms with Gasteiger partial charge in [0.05, 0.1) is 5.92 Å². The standard InChI is InChI=1S/C14H24N2O3/c17-13(18)12-5-3-11(4-6-12)9-16-14(19)15-8-7-10-1-2-10/h10-12H,1-9H2,(H,17,18)(H2,15,16,19). The van der Waals surface area contributed by atoms with Crippen LogP contribution in [0.3, 0.4) is 0 Å². The van der Waals surface area contributed by atoms with Gasteiger partial charge in [-0.25, -0.2) is 4.79 Å². The van der Waals surface area contributed by atoms with Crippen LogP contribution in [0.2, 0.25) is 0 Å². The van der Waals surface area contributed by atoms with E-state index in [1.54, 1.807) is 0 Å². The average Bonchev–Trinajstić information content (AvgIpc) is 3.21. The largest absolute Gasteiger partial charge is 0.481 e. The summed E-state index contributed by atoms with van der Waals surface area (Å²) in [5.41, 5.74) is 0. The molecular weight excluding hydrogens is 244 g/mol. The summed E-state index contributed by atoms with van der Waals surface area (Å²) in [5.74, 6) is 0.421. The van der Waals surface area contributed by atoms with Crippen LogP contribution in [-0.4, -0.2) is 30.2 Å². The molecule has 108 valence electrons. The number of urea groups is 1. The van der Waals surface area contributed by atoms with Crippen LogP contribution in [0.1, 0.15) is 44.9 Å². The van der Waals surface area contributed by atoms with Gasteiger partial charge < -0.3 is 15.7 Å². The number of carbonyl (C=O) groups excluding carboxylic acids is 1. The van der Waals surface area contributed by atoms with Gasteiger partial charge in [-0.1, -0.05) is 12.8 Å². The van der Waals surface area contributed by atoms with Crippen LogP contribution in [-0.2, 0) is 4.79 Å². The van der Waals surface area contributed by atoms with Crippen LogP contribution < -0.4 is 10.6 Å². The summed E-state index contributed by atoms with van der Waals surface area (Å²) >= 11 is 0. The fourth-order valence-electron chi connectivity index (χ4n) is 2.71. The molecule has 2 amide bonds. The highest BCUT2D eigenvalue weighted by atomic mass is 16.4. The summed E-state index contributed by atoms with van der Waals surface area (Å²) in [6, 6.07) is -0.0824. The van der Waals surface area contributed by atoms with E-state index in [-0.39, 0.29) is 11.9 Å². The molecule has 0 spiro atoms. The Morgan fingerprint density at radius 3 is 2.16 bits per heavy atom. The quantitative estimate of drug-likeness (QED) is 0.689. The van der Waals surface area contributed by atoms with E-state index in [4.69, 9.17) is 5.11 Å². The minimum Gasteiger partial charge on any atom is -0.481 e. The molecule has 19 heavy (non-hydrogen) atoms. The molecule has 2 saturated carbocycles. The molecule has 0 heterocycles. The van der Waals surface area contributed by atoms with Gasteiger partial charge in [0.1, 0.15) is 0 Å². The van der Waals surface area contributed by atoms with Crippen LogP contribution in [0.15, 0.2) is 0 Å². The van der Waals surface area contributed by atoms with E-state index in [0.717, 1.165) is 44.6 Å². The lowest BCUT2D eigenvalue weighted by atomic mass is 9.82. The van der Waals surface area contributed by atoms with Gasteiger partial charge in [-0.15, -0.1) is 0 Å². The van der Waals surface area contributed by atoms with Crippen molar-refractivity contribution in [2.24, 2.45) is 17.8 Å². The molecule has 0 radical (unpaired) electrons. The van der Waals surface area contributed by atoms with Gasteiger partial charge in [0.15, 0.2) is 0 Å². The predicted octanol–water partition coefficient (Wildman–Crippen LogP) is 1.98. The number of hydrogen-bond donors (Lipinski definition) is 3. The molecule has 0 aromatic rings. The number of rotatable bonds is 6. The molecule has 0 aromatic heterocycles. The molecule has 0 aliphatic heterocycles. The maximum atomic E-state index is 11.5. The van der Waals surface area contributed by atoms with Gasteiger partial charge in [0.2, 0.25) is 0 Å². The Morgan fingerprint density at radius 1 is 0.947 bits per heavy atom. The number of amides is 2. The average molecular weight is 268 g/mol. The van der Waals surface area contributed by atoms with Gasteiger partial charge in [0.25, 0.3) is 0 Å². The lowest BCUT2D eigenvalue weighted by Gasteiger charge is -2.26. The smallest absolute Gasteiger partial charge is 0.314 e. The van der Waals surface area contributed by atoms with E-state index in [2.05, 4.69) is 10.6 Å². The first kappa shape index (κ1) is 14.2. The van der Waals surface area contributed by atoms with Crippen molar-refractivity contribution in [3.05, 3.63) is 0 Å². The summed E-state index contributed by atoms with van der Waals surface area (Å²) < 4.78 is 0. The zero-order valence-corrected chi connectivity index (χ0v) is 11.4. The van der Waals surface area contributed by atoms with Crippen LogP contribution in [0, 0.1) is 17.8 Å². The topological polar surface area (TPSA) is 78.4 Å². The van der Waals surface area contributed by atoms with Gasteiger partial charge in [-0.05, 0) is 43.9 Å². The SMILES string of the molecule is O=C(NCCC1CC1)NCC1CCC(C(=O)O)CC1. The van der Waals surface area contributed by atoms with Crippen molar-refractivity contribution in [3.63, 3.8) is 0 Å². The Morgan fingerprint density at radius 2 is 1.58 bits per heavy atom. The molecule has 2 aliphatic carbocycles. The third kappa shape index (κ3) is 5.09. The molecule has 0 atom stereocenters. The number of aliphatic carboxylic acids is 1. The van der Waals surface area contributed by atoms with Crippen LogP contribution in [0.25, 0.3) is 0 Å². The van der Waals surface area contributed by atoms with E-state index in [1.165, 1.54) is 12.8 Å². The number of carboxylic acid groups (broad SMARTS) is 1. The van der Waals surface area contributed by atoms with Gasteiger partial charge in [-0.3, -0.25) is 4.79 Å². The van der Waals surface area contributed by atoms with E-state index in [9.17, 15) is 9.59 Å². The lowest BCUT2D eigenvalue weighted by molar-refractivity contribution is -0.143. The van der Waals surface area contributed by atoms with Crippen LogP contribution in [0.5, 0.6) is 0 Å². The Balaban J connectivity index is 1.52. The molecular formula is C14H24N2O3. The highest BCUT2D eigenvalue weighted by Crippen LogP contribution is 2.31. The van der Waals surface area contributed by atoms with Gasteiger partial charge >= 0.3 is 12.0 Å². The number of carboxylic acids is 1. The second-order valence-corrected chi connectivity index (χ2v) is 5.92. The number of carbonyl (C=O) groups is 2. The summed E-state index contributed by atoms with van der Waals surface area (Å²) in [4.78, 5) is 22.4. The minimum atomic E-state index is -0.677. The fourth-order valence-corrected chi connectivity index (χ4v) is 2.71. The third-order valence-electron chi connectivity index (χ3n) is 4.28. The first-order valence-corrected chi connectivity index (χ1v) is 7.39. The molecule has 0 saturated heterocycles. The Hall–Kier alpha value is -1.26. The minimum absolute atomic E-state index is 0.0824. The van der Waals surface area contributed by atoms with Crippen molar-refractivity contribution in [3.8, 4) is 0 Å². The monoisotopic (exact) mass is 268 g/mol. The number of hydrogen-bond acceptors (Lipinski definition) is 2. The molecule has 2 fully saturated rings. The highest BCUT2D eigenvalue weighted by Gasteiger charge is 2.26. The van der Waals surface area contributed by atoms with Gasteiger partial charge in [0, 0.05) is 13.1 Å². The van der Waals surface area contributed by atoms with Crippen molar-refractivity contribution < 1.29 is 14.7 Å². The van der Waals surface area contributed by atoms with Crippen molar-refractivity contribution in [2.45, 2.75) is 44.9 Å². The van der Waals surface area contributed by atoms with Crippen molar-refractivity contribution in [1.29, 1.82) is 0 Å². The highest BCUT2D eigenvalue weighted by molar-refractivity contribution is 5.73. The fraction of sp³-hybridized carbons (Fsp3) is 0.857. The molecule has 2 rings (SSSR count). The summed E-state index contributed by atoms with van der Waals surface area (Å²) in [6.45, 7) is 1.43. The summed E-state index contributed by atoms with van der Waals surface area (Å²) in [5, 5.41) is 14.7. The zero-order chi connectivity index (χ0) is 13.7. The molecule has 0 bridgehead atoms. The first-order chi connectivity index (χ1) is 9.15. The first-order valence-electron chi connectivity index (χ1n) is 7.39. The van der Waals surface area contributed by atoms with E-state index in [0.29, 0.717) is 12.5 Å². The molecule has 0 unspecified atom stereocenters. The van der Waals surface area contributed by atoms with Crippen LogP contribution >= 0.6 is 0 Å². The second kappa shape index (κ2) is 6.78. The Bertz CT molecular complexity index is 321. The molecule has 3 N–H and O–H groups in total. The molecule has 5 heteroatoms.